The average molecular weight is 256 g/mol. The molecule has 1 aromatic heterocycles. The number of nitrogens with one attached hydrogen (secondary N) is 1. The standard InChI is InChI=1S/C15H20N4/c1-11-3-5-12(6-4-11)13-7-14(8-13)16-9-15-17-10-19(2)18-15/h3-6,10,13-14,16H,7-9H2,1-2H3. The Morgan fingerprint density at radius 3 is 2.63 bits per heavy atom. The molecular formula is C15H20N4. The van der Waals surface area contributed by atoms with E-state index in [4.69, 9.17) is 0 Å². The maximum atomic E-state index is 4.27. The largest absolute Gasteiger partial charge is 0.307 e. The molecule has 1 saturated carbocycles. The lowest BCUT2D eigenvalue weighted by atomic mass is 9.76. The van der Waals surface area contributed by atoms with E-state index in [9.17, 15) is 0 Å². The molecule has 1 heterocycles. The first kappa shape index (κ1) is 12.4. The molecular weight excluding hydrogens is 236 g/mol. The first-order valence-corrected chi connectivity index (χ1v) is 6.85. The van der Waals surface area contributed by atoms with Crippen molar-refractivity contribution in [1.29, 1.82) is 0 Å². The molecule has 0 atom stereocenters. The van der Waals surface area contributed by atoms with Crippen LogP contribution in [-0.2, 0) is 13.6 Å². The van der Waals surface area contributed by atoms with Crippen LogP contribution in [0.15, 0.2) is 30.6 Å². The van der Waals surface area contributed by atoms with Crippen molar-refractivity contribution in [1.82, 2.24) is 20.1 Å². The molecule has 0 unspecified atom stereocenters. The number of aryl methyl sites for hydroxylation is 2. The van der Waals surface area contributed by atoms with Gasteiger partial charge in [0.2, 0.25) is 0 Å². The van der Waals surface area contributed by atoms with Crippen LogP contribution in [-0.4, -0.2) is 20.8 Å². The van der Waals surface area contributed by atoms with E-state index in [-0.39, 0.29) is 0 Å². The monoisotopic (exact) mass is 256 g/mol. The lowest BCUT2D eigenvalue weighted by molar-refractivity contribution is 0.287. The van der Waals surface area contributed by atoms with Crippen molar-refractivity contribution >= 4 is 0 Å². The lowest BCUT2D eigenvalue weighted by Gasteiger charge is -2.36. The van der Waals surface area contributed by atoms with Crippen molar-refractivity contribution in [3.05, 3.63) is 47.5 Å². The highest BCUT2D eigenvalue weighted by atomic mass is 15.3. The van der Waals surface area contributed by atoms with Gasteiger partial charge < -0.3 is 5.32 Å². The molecule has 1 aliphatic carbocycles. The normalized spacial score (nSPS) is 22.2. The van der Waals surface area contributed by atoms with E-state index in [0.29, 0.717) is 6.04 Å². The fraction of sp³-hybridized carbons (Fsp3) is 0.467. The Morgan fingerprint density at radius 2 is 2.00 bits per heavy atom. The maximum absolute atomic E-state index is 4.27. The number of hydrogen-bond donors (Lipinski definition) is 1. The molecule has 3 rings (SSSR count). The van der Waals surface area contributed by atoms with Crippen molar-refractivity contribution in [3.8, 4) is 0 Å². The van der Waals surface area contributed by atoms with E-state index in [0.717, 1.165) is 18.3 Å². The maximum Gasteiger partial charge on any atom is 0.164 e. The summed E-state index contributed by atoms with van der Waals surface area (Å²) in [6.07, 6.45) is 4.18. The molecule has 0 radical (unpaired) electrons. The summed E-state index contributed by atoms with van der Waals surface area (Å²) in [5.74, 6) is 1.59. The van der Waals surface area contributed by atoms with Crippen LogP contribution in [0.2, 0.25) is 0 Å². The number of nitrogens with zero attached hydrogens (tertiary/aromatic N) is 3. The Labute approximate surface area is 113 Å². The summed E-state index contributed by atoms with van der Waals surface area (Å²) in [4.78, 5) is 4.22. The van der Waals surface area contributed by atoms with Gasteiger partial charge in [0.15, 0.2) is 5.82 Å². The fourth-order valence-corrected chi connectivity index (χ4v) is 2.60. The van der Waals surface area contributed by atoms with E-state index < -0.39 is 0 Å². The van der Waals surface area contributed by atoms with E-state index in [1.165, 1.54) is 24.0 Å². The minimum absolute atomic E-state index is 0.607. The van der Waals surface area contributed by atoms with Gasteiger partial charge in [-0.3, -0.25) is 4.68 Å². The van der Waals surface area contributed by atoms with Crippen LogP contribution < -0.4 is 5.32 Å². The molecule has 0 spiro atoms. The summed E-state index contributed by atoms with van der Waals surface area (Å²) < 4.78 is 1.74. The molecule has 1 aliphatic rings. The molecule has 100 valence electrons. The van der Waals surface area contributed by atoms with Crippen molar-refractivity contribution in [2.24, 2.45) is 7.05 Å². The summed E-state index contributed by atoms with van der Waals surface area (Å²) in [5.41, 5.74) is 2.80. The summed E-state index contributed by atoms with van der Waals surface area (Å²) in [6.45, 7) is 2.90. The van der Waals surface area contributed by atoms with Crippen LogP contribution in [0.25, 0.3) is 0 Å². The van der Waals surface area contributed by atoms with E-state index >= 15 is 0 Å². The predicted molar refractivity (Wildman–Crippen MR) is 74.8 cm³/mol. The van der Waals surface area contributed by atoms with Gasteiger partial charge in [0, 0.05) is 13.1 Å². The van der Waals surface area contributed by atoms with E-state index in [2.05, 4.69) is 46.6 Å². The third-order valence-electron chi connectivity index (χ3n) is 3.88. The zero-order valence-corrected chi connectivity index (χ0v) is 11.5. The van der Waals surface area contributed by atoms with Crippen LogP contribution in [0.3, 0.4) is 0 Å². The van der Waals surface area contributed by atoms with Gasteiger partial charge in [-0.15, -0.1) is 0 Å². The Kier molecular flexibility index (Phi) is 3.34. The van der Waals surface area contributed by atoms with Crippen molar-refractivity contribution < 1.29 is 0 Å². The average Bonchev–Trinajstić information content (AvgIpc) is 2.75. The van der Waals surface area contributed by atoms with Gasteiger partial charge in [-0.25, -0.2) is 4.98 Å². The second-order valence-electron chi connectivity index (χ2n) is 5.49. The molecule has 4 heteroatoms. The summed E-state index contributed by atoms with van der Waals surface area (Å²) in [7, 11) is 1.90. The van der Waals surface area contributed by atoms with Crippen molar-refractivity contribution in [2.45, 2.75) is 38.3 Å². The summed E-state index contributed by atoms with van der Waals surface area (Å²) in [6, 6.07) is 9.53. The summed E-state index contributed by atoms with van der Waals surface area (Å²) >= 11 is 0. The number of benzene rings is 1. The van der Waals surface area contributed by atoms with Crippen LogP contribution in [0, 0.1) is 6.92 Å². The Morgan fingerprint density at radius 1 is 1.26 bits per heavy atom. The second-order valence-corrected chi connectivity index (χ2v) is 5.49. The van der Waals surface area contributed by atoms with Gasteiger partial charge in [-0.2, -0.15) is 5.10 Å². The smallest absolute Gasteiger partial charge is 0.164 e. The van der Waals surface area contributed by atoms with Crippen LogP contribution in [0.1, 0.15) is 35.7 Å². The summed E-state index contributed by atoms with van der Waals surface area (Å²) in [5, 5.41) is 7.79. The topological polar surface area (TPSA) is 42.7 Å². The molecule has 1 fully saturated rings. The van der Waals surface area contributed by atoms with Gasteiger partial charge in [0.25, 0.3) is 0 Å². The SMILES string of the molecule is Cc1ccc(C2CC(NCc3ncn(C)n3)C2)cc1. The van der Waals surface area contributed by atoms with E-state index in [1.54, 1.807) is 11.0 Å². The third-order valence-corrected chi connectivity index (χ3v) is 3.88. The highest BCUT2D eigenvalue weighted by Gasteiger charge is 2.29. The molecule has 19 heavy (non-hydrogen) atoms. The first-order valence-electron chi connectivity index (χ1n) is 6.85. The van der Waals surface area contributed by atoms with E-state index in [1.807, 2.05) is 7.05 Å². The molecule has 0 bridgehead atoms. The minimum atomic E-state index is 0.607. The molecule has 0 amide bonds. The van der Waals surface area contributed by atoms with Gasteiger partial charge in [0.05, 0.1) is 6.54 Å². The Hall–Kier alpha value is -1.68. The minimum Gasteiger partial charge on any atom is -0.307 e. The van der Waals surface area contributed by atoms with Gasteiger partial charge in [-0.1, -0.05) is 29.8 Å². The quantitative estimate of drug-likeness (QED) is 0.911. The van der Waals surface area contributed by atoms with Crippen LogP contribution in [0.5, 0.6) is 0 Å². The van der Waals surface area contributed by atoms with Gasteiger partial charge in [-0.05, 0) is 31.2 Å². The zero-order valence-electron chi connectivity index (χ0n) is 11.5. The van der Waals surface area contributed by atoms with Gasteiger partial charge >= 0.3 is 0 Å². The Balaban J connectivity index is 1.46. The van der Waals surface area contributed by atoms with Gasteiger partial charge in [0.1, 0.15) is 6.33 Å². The Bertz CT molecular complexity index is 538. The van der Waals surface area contributed by atoms with Crippen molar-refractivity contribution in [2.75, 3.05) is 0 Å². The predicted octanol–water partition coefficient (Wildman–Crippen LogP) is 2.16. The zero-order chi connectivity index (χ0) is 13.2. The lowest BCUT2D eigenvalue weighted by Crippen LogP contribution is -2.39. The van der Waals surface area contributed by atoms with Crippen LogP contribution in [0.4, 0.5) is 0 Å². The number of aromatic nitrogens is 3. The molecule has 0 aliphatic heterocycles. The third kappa shape index (κ3) is 2.84. The molecule has 0 saturated heterocycles. The molecule has 2 aromatic rings. The van der Waals surface area contributed by atoms with Crippen molar-refractivity contribution in [3.63, 3.8) is 0 Å². The fourth-order valence-electron chi connectivity index (χ4n) is 2.60. The molecule has 4 nitrogen and oxygen atoms in total. The first-order chi connectivity index (χ1) is 9.20. The molecule has 1 N–H and O–H groups in total. The van der Waals surface area contributed by atoms with Crippen LogP contribution >= 0.6 is 0 Å². The number of hydrogen-bond acceptors (Lipinski definition) is 3. The number of rotatable bonds is 4. The second kappa shape index (κ2) is 5.13. The molecule has 1 aromatic carbocycles. The highest BCUT2D eigenvalue weighted by molar-refractivity contribution is 5.26. The highest BCUT2D eigenvalue weighted by Crippen LogP contribution is 2.36.